The number of pyridine rings is 1. The molecule has 10 heteroatoms. The number of nitrogens with zero attached hydrogens (tertiary/aromatic N) is 3. The fourth-order valence-electron chi connectivity index (χ4n) is 5.11. The number of benzene rings is 1. The van der Waals surface area contributed by atoms with Crippen LogP contribution in [-0.4, -0.2) is 60.3 Å². The van der Waals surface area contributed by atoms with Crippen LogP contribution in [0.4, 0.5) is 4.79 Å². The van der Waals surface area contributed by atoms with Crippen LogP contribution < -0.4 is 5.32 Å². The number of ether oxygens (including phenoxy) is 1. The molecule has 0 radical (unpaired) electrons. The molecule has 2 heterocycles. The molecule has 196 valence electrons. The predicted octanol–water partition coefficient (Wildman–Crippen LogP) is 3.49. The lowest BCUT2D eigenvalue weighted by atomic mass is 9.97. The van der Waals surface area contributed by atoms with Gasteiger partial charge in [-0.05, 0) is 63.6 Å². The third-order valence-electron chi connectivity index (χ3n) is 6.78. The maximum atomic E-state index is 13.2. The molecule has 1 aliphatic heterocycles. The standard InChI is InChI=1S/C27H32N4O5S/c1-27(2,3)36-26(33)31-21-10-9-19(14-21)24(31)25(32)30-20(15-28)13-17-5-7-18(8-6-17)23-12-11-22(16-29-23)37(4,34)35/h5-8,11-12,16,19-21,24H,9-10,13-14H2,1-4H3,(H,30,32)/t19-,20-,21+,24-/m0/s1. The van der Waals surface area contributed by atoms with E-state index in [0.717, 1.165) is 36.6 Å². The molecule has 2 aliphatic rings. The van der Waals surface area contributed by atoms with Crippen LogP contribution in [0, 0.1) is 17.2 Å². The van der Waals surface area contributed by atoms with Gasteiger partial charge in [-0.25, -0.2) is 13.2 Å². The average molecular weight is 525 g/mol. The SMILES string of the molecule is CC(C)(C)OC(=O)N1[C@@H]2CC[C@@H](C2)[C@H]1C(=O)N[C@H](C#N)Cc1ccc(-c2ccc(S(C)(=O)=O)cn2)cc1. The molecule has 2 aromatic rings. The first kappa shape index (κ1) is 26.6. The highest BCUT2D eigenvalue weighted by Gasteiger charge is 2.52. The van der Waals surface area contributed by atoms with Crippen molar-refractivity contribution in [3.05, 3.63) is 48.2 Å². The van der Waals surface area contributed by atoms with E-state index in [1.807, 2.05) is 24.3 Å². The second kappa shape index (κ2) is 10.1. The van der Waals surface area contributed by atoms with Crippen LogP contribution in [0.2, 0.25) is 0 Å². The van der Waals surface area contributed by atoms with Gasteiger partial charge in [-0.2, -0.15) is 5.26 Å². The van der Waals surface area contributed by atoms with Crippen molar-refractivity contribution in [1.29, 1.82) is 5.26 Å². The van der Waals surface area contributed by atoms with Crippen molar-refractivity contribution in [2.75, 3.05) is 6.26 Å². The largest absolute Gasteiger partial charge is 0.444 e. The van der Waals surface area contributed by atoms with Gasteiger partial charge in [-0.1, -0.05) is 24.3 Å². The second-order valence-electron chi connectivity index (χ2n) is 10.8. The van der Waals surface area contributed by atoms with Gasteiger partial charge < -0.3 is 10.1 Å². The number of piperidine rings is 1. The van der Waals surface area contributed by atoms with Gasteiger partial charge in [0.05, 0.1) is 16.7 Å². The monoisotopic (exact) mass is 524 g/mol. The van der Waals surface area contributed by atoms with Gasteiger partial charge in [0.2, 0.25) is 5.91 Å². The molecule has 4 atom stereocenters. The lowest BCUT2D eigenvalue weighted by molar-refractivity contribution is -0.128. The lowest BCUT2D eigenvalue weighted by Gasteiger charge is -2.35. The van der Waals surface area contributed by atoms with E-state index < -0.39 is 33.6 Å². The zero-order chi connectivity index (χ0) is 27.0. The van der Waals surface area contributed by atoms with Crippen LogP contribution in [0.5, 0.6) is 0 Å². The quantitative estimate of drug-likeness (QED) is 0.612. The number of nitriles is 1. The van der Waals surface area contributed by atoms with E-state index in [1.54, 1.807) is 31.7 Å². The van der Waals surface area contributed by atoms with Crippen LogP contribution in [-0.2, 0) is 25.8 Å². The Morgan fingerprint density at radius 1 is 1.19 bits per heavy atom. The highest BCUT2D eigenvalue weighted by atomic mass is 32.2. The normalized spacial score (nSPS) is 21.8. The molecule has 1 N–H and O–H groups in total. The zero-order valence-corrected chi connectivity index (χ0v) is 22.3. The number of carbonyl (C=O) groups excluding carboxylic acids is 2. The highest BCUT2D eigenvalue weighted by molar-refractivity contribution is 7.90. The smallest absolute Gasteiger partial charge is 0.411 e. The number of nitrogens with one attached hydrogen (secondary N) is 1. The molecular weight excluding hydrogens is 492 g/mol. The van der Waals surface area contributed by atoms with E-state index in [4.69, 9.17) is 4.74 Å². The summed E-state index contributed by atoms with van der Waals surface area (Å²) in [5.41, 5.74) is 1.62. The van der Waals surface area contributed by atoms with Crippen LogP contribution in [0.25, 0.3) is 11.3 Å². The van der Waals surface area contributed by atoms with Crippen LogP contribution in [0.3, 0.4) is 0 Å². The molecule has 2 bridgehead atoms. The van der Waals surface area contributed by atoms with E-state index >= 15 is 0 Å². The third kappa shape index (κ3) is 6.10. The van der Waals surface area contributed by atoms with E-state index in [1.165, 1.54) is 12.3 Å². The molecule has 0 unspecified atom stereocenters. The Bertz CT molecular complexity index is 1310. The Morgan fingerprint density at radius 2 is 1.89 bits per heavy atom. The summed E-state index contributed by atoms with van der Waals surface area (Å²) in [5, 5.41) is 12.6. The average Bonchev–Trinajstić information content (AvgIpc) is 3.44. The summed E-state index contributed by atoms with van der Waals surface area (Å²) >= 11 is 0. The van der Waals surface area contributed by atoms with Crippen molar-refractivity contribution >= 4 is 21.8 Å². The first-order chi connectivity index (χ1) is 17.4. The summed E-state index contributed by atoms with van der Waals surface area (Å²) in [4.78, 5) is 32.1. The maximum Gasteiger partial charge on any atom is 0.411 e. The molecule has 1 aliphatic carbocycles. The molecule has 1 aromatic carbocycles. The molecule has 2 amide bonds. The summed E-state index contributed by atoms with van der Waals surface area (Å²) in [7, 11) is -3.32. The Balaban J connectivity index is 1.41. The second-order valence-corrected chi connectivity index (χ2v) is 12.8. The number of likely N-dealkylation sites (tertiary alicyclic amines) is 1. The van der Waals surface area contributed by atoms with Crippen molar-refractivity contribution < 1.29 is 22.7 Å². The molecule has 1 saturated heterocycles. The summed E-state index contributed by atoms with van der Waals surface area (Å²) < 4.78 is 28.8. The Morgan fingerprint density at radius 3 is 2.46 bits per heavy atom. The Kier molecular flexibility index (Phi) is 7.29. The van der Waals surface area contributed by atoms with E-state index in [0.29, 0.717) is 12.1 Å². The summed E-state index contributed by atoms with van der Waals surface area (Å²) in [6.07, 6.45) is 4.78. The van der Waals surface area contributed by atoms with E-state index in [9.17, 15) is 23.3 Å². The number of rotatable bonds is 6. The van der Waals surface area contributed by atoms with Gasteiger partial charge in [0.25, 0.3) is 0 Å². The fourth-order valence-corrected chi connectivity index (χ4v) is 5.67. The minimum absolute atomic E-state index is 0.0104. The highest BCUT2D eigenvalue weighted by Crippen LogP contribution is 2.43. The van der Waals surface area contributed by atoms with Crippen LogP contribution in [0.1, 0.15) is 45.6 Å². The van der Waals surface area contributed by atoms with Crippen LogP contribution >= 0.6 is 0 Å². The molecule has 2 fully saturated rings. The van der Waals surface area contributed by atoms with Crippen molar-refractivity contribution in [2.45, 2.75) is 75.1 Å². The number of sulfone groups is 1. The Hall–Kier alpha value is -3.45. The molecule has 4 rings (SSSR count). The zero-order valence-electron chi connectivity index (χ0n) is 21.5. The van der Waals surface area contributed by atoms with E-state index in [-0.39, 0.29) is 22.8 Å². The number of hydrogen-bond acceptors (Lipinski definition) is 7. The van der Waals surface area contributed by atoms with Crippen molar-refractivity contribution in [3.8, 4) is 17.3 Å². The third-order valence-corrected chi connectivity index (χ3v) is 7.88. The predicted molar refractivity (Wildman–Crippen MR) is 137 cm³/mol. The summed E-state index contributed by atoms with van der Waals surface area (Å²) in [5.74, 6) is -0.255. The number of hydrogen-bond donors (Lipinski definition) is 1. The number of aromatic nitrogens is 1. The fraction of sp³-hybridized carbons (Fsp3) is 0.481. The number of carbonyl (C=O) groups is 2. The van der Waals surface area contributed by atoms with Crippen LogP contribution in [0.15, 0.2) is 47.5 Å². The van der Waals surface area contributed by atoms with Gasteiger partial charge in [-0.3, -0.25) is 14.7 Å². The number of amides is 2. The minimum atomic E-state index is -3.32. The molecule has 1 aromatic heterocycles. The molecule has 37 heavy (non-hydrogen) atoms. The minimum Gasteiger partial charge on any atom is -0.444 e. The van der Waals surface area contributed by atoms with Gasteiger partial charge in [0, 0.05) is 30.5 Å². The van der Waals surface area contributed by atoms with Gasteiger partial charge in [-0.15, -0.1) is 0 Å². The summed E-state index contributed by atoms with van der Waals surface area (Å²) in [6.45, 7) is 5.39. The van der Waals surface area contributed by atoms with Gasteiger partial charge >= 0.3 is 6.09 Å². The first-order valence-electron chi connectivity index (χ1n) is 12.3. The number of fused-ring (bicyclic) bond motifs is 2. The molecule has 1 saturated carbocycles. The Labute approximate surface area is 217 Å². The van der Waals surface area contributed by atoms with Crippen molar-refractivity contribution in [2.24, 2.45) is 5.92 Å². The summed E-state index contributed by atoms with van der Waals surface area (Å²) in [6, 6.07) is 11.3. The van der Waals surface area contributed by atoms with E-state index in [2.05, 4.69) is 16.4 Å². The first-order valence-corrected chi connectivity index (χ1v) is 14.2. The lowest BCUT2D eigenvalue weighted by Crippen LogP contribution is -2.55. The maximum absolute atomic E-state index is 13.2. The topological polar surface area (TPSA) is 129 Å². The molecule has 9 nitrogen and oxygen atoms in total. The van der Waals surface area contributed by atoms with Crippen molar-refractivity contribution in [1.82, 2.24) is 15.2 Å². The van der Waals surface area contributed by atoms with Crippen molar-refractivity contribution in [3.63, 3.8) is 0 Å². The van der Waals surface area contributed by atoms with Gasteiger partial charge in [0.15, 0.2) is 9.84 Å². The molecular formula is C27H32N4O5S. The molecule has 0 spiro atoms. The van der Waals surface area contributed by atoms with Gasteiger partial charge in [0.1, 0.15) is 17.7 Å².